The van der Waals surface area contributed by atoms with E-state index in [-0.39, 0.29) is 31.8 Å². The summed E-state index contributed by atoms with van der Waals surface area (Å²) in [5, 5.41) is 36.4. The van der Waals surface area contributed by atoms with Gasteiger partial charge in [0.2, 0.25) is 0 Å². The third-order valence-corrected chi connectivity index (χ3v) is 11.7. The minimum absolute atomic E-state index is 0.0186. The number of nitrogens with zero attached hydrogens (tertiary/aromatic N) is 1. The van der Waals surface area contributed by atoms with Gasteiger partial charge in [0.25, 0.3) is 0 Å². The zero-order valence-electron chi connectivity index (χ0n) is 28.4. The van der Waals surface area contributed by atoms with Crippen LogP contribution >= 0.6 is 11.6 Å². The van der Waals surface area contributed by atoms with Gasteiger partial charge in [0.15, 0.2) is 0 Å². The number of carbonyl (C=O) groups is 2. The number of nitrogens with one attached hydrogen (secondary N) is 1. The van der Waals surface area contributed by atoms with Crippen molar-refractivity contribution < 1.29 is 24.5 Å². The highest BCUT2D eigenvalue weighted by Gasteiger charge is 2.67. The van der Waals surface area contributed by atoms with Crippen LogP contribution in [-0.4, -0.2) is 47.4 Å². The average molecular weight is 685 g/mol. The number of aliphatic carboxylic acids is 2. The summed E-state index contributed by atoms with van der Waals surface area (Å²) < 4.78 is 6.37. The molecule has 3 aromatic rings. The zero-order chi connectivity index (χ0) is 34.9. The fourth-order valence-electron chi connectivity index (χ4n) is 8.93. The molecule has 5 unspecified atom stereocenters. The maximum atomic E-state index is 14.2. The molecule has 1 aliphatic heterocycles. The van der Waals surface area contributed by atoms with Crippen LogP contribution in [0.2, 0.25) is 5.02 Å². The summed E-state index contributed by atoms with van der Waals surface area (Å²) in [7, 11) is 0. The molecule has 0 bridgehead atoms. The van der Waals surface area contributed by atoms with Crippen molar-refractivity contribution in [2.24, 2.45) is 16.7 Å². The number of carboxylic acid groups (broad SMARTS) is 2. The summed E-state index contributed by atoms with van der Waals surface area (Å²) in [6, 6.07) is 27.8. The van der Waals surface area contributed by atoms with E-state index in [9.17, 15) is 25.1 Å². The molecule has 0 aromatic heterocycles. The summed E-state index contributed by atoms with van der Waals surface area (Å²) in [4.78, 5) is 27.9. The van der Waals surface area contributed by atoms with E-state index in [0.29, 0.717) is 29.5 Å². The first-order chi connectivity index (χ1) is 23.7. The molecule has 0 spiro atoms. The Morgan fingerprint density at radius 3 is 2.12 bits per heavy atom. The van der Waals surface area contributed by atoms with Crippen molar-refractivity contribution in [1.29, 1.82) is 5.26 Å². The molecule has 3 aromatic carbocycles. The number of ether oxygens (including phenoxy) is 1. The van der Waals surface area contributed by atoms with Gasteiger partial charge in [0.1, 0.15) is 0 Å². The molecular weight excluding hydrogens is 636 g/mol. The molecular formula is C41H49ClN2O5. The van der Waals surface area contributed by atoms with Gasteiger partial charge in [-0.05, 0) is 67.3 Å². The van der Waals surface area contributed by atoms with Gasteiger partial charge in [-0.25, -0.2) is 0 Å². The number of hydrogen-bond donors (Lipinski definition) is 3. The van der Waals surface area contributed by atoms with E-state index in [4.69, 9.17) is 16.3 Å². The zero-order valence-corrected chi connectivity index (χ0v) is 29.2. The van der Waals surface area contributed by atoms with Crippen LogP contribution in [0.15, 0.2) is 84.9 Å². The molecule has 0 radical (unpaired) electrons. The van der Waals surface area contributed by atoms with Gasteiger partial charge < -0.3 is 20.3 Å². The first kappa shape index (κ1) is 36.6. The monoisotopic (exact) mass is 684 g/mol. The lowest BCUT2D eigenvalue weighted by Crippen LogP contribution is -2.71. The predicted octanol–water partition coefficient (Wildman–Crippen LogP) is 8.83. The van der Waals surface area contributed by atoms with Crippen LogP contribution < -0.4 is 5.32 Å². The molecule has 1 heterocycles. The summed E-state index contributed by atoms with van der Waals surface area (Å²) in [6.45, 7) is 2.44. The second kappa shape index (κ2) is 16.8. The minimum Gasteiger partial charge on any atom is -0.481 e. The Morgan fingerprint density at radius 2 is 1.55 bits per heavy atom. The fourth-order valence-corrected chi connectivity index (χ4v) is 9.13. The fraction of sp³-hybridized carbons (Fsp3) is 0.488. The largest absolute Gasteiger partial charge is 0.481 e. The van der Waals surface area contributed by atoms with Crippen molar-refractivity contribution in [3.05, 3.63) is 107 Å². The number of rotatable bonds is 15. The van der Waals surface area contributed by atoms with Crippen molar-refractivity contribution in [2.45, 2.75) is 95.1 Å². The van der Waals surface area contributed by atoms with Crippen molar-refractivity contribution in [3.63, 3.8) is 0 Å². The van der Waals surface area contributed by atoms with E-state index in [1.54, 1.807) is 31.2 Å². The first-order valence-corrected chi connectivity index (χ1v) is 18.1. The van der Waals surface area contributed by atoms with E-state index in [2.05, 4.69) is 35.7 Å². The average Bonchev–Trinajstić information content (AvgIpc) is 3.11. The SMILES string of the molecule is CC1NC(COCCC2CCCCC2)C(CCC(c2ccccc2)c2ccccc2)(C(=O)O)C(c2cccc(Cl)c2)C1(CCC#N)C(=O)O. The molecule has 0 amide bonds. The van der Waals surface area contributed by atoms with Crippen molar-refractivity contribution in [3.8, 4) is 6.07 Å². The van der Waals surface area contributed by atoms with Gasteiger partial charge in [-0.2, -0.15) is 5.26 Å². The molecule has 3 N–H and O–H groups in total. The van der Waals surface area contributed by atoms with Crippen molar-refractivity contribution in [1.82, 2.24) is 5.32 Å². The summed E-state index contributed by atoms with van der Waals surface area (Å²) in [5.41, 5.74) is -0.587. The van der Waals surface area contributed by atoms with Crippen LogP contribution in [0.25, 0.3) is 0 Å². The molecule has 5 rings (SSSR count). The van der Waals surface area contributed by atoms with Crippen LogP contribution in [0, 0.1) is 28.1 Å². The van der Waals surface area contributed by atoms with Crippen LogP contribution in [0.4, 0.5) is 0 Å². The lowest BCUT2D eigenvalue weighted by atomic mass is 9.49. The first-order valence-electron chi connectivity index (χ1n) is 17.8. The van der Waals surface area contributed by atoms with Crippen LogP contribution in [0.1, 0.15) is 99.7 Å². The molecule has 49 heavy (non-hydrogen) atoms. The maximum absolute atomic E-state index is 14.2. The summed E-state index contributed by atoms with van der Waals surface area (Å²) >= 11 is 6.56. The van der Waals surface area contributed by atoms with Gasteiger partial charge in [-0.1, -0.05) is 117 Å². The number of hydrogen-bond acceptors (Lipinski definition) is 5. The standard InChI is InChI=1S/C41H49ClN2O5/c1-29-40(38(45)46,23-12-25-43)37(33-19-11-20-34(42)27-33)41(39(47)48,36(44-29)28-49-26-22-30-13-5-2-6-14-30)24-21-35(31-15-7-3-8-16-31)32-17-9-4-10-18-32/h3-4,7-11,15-20,27,29-30,35-37,44H,2,5-6,12-14,21-24,26,28H2,1H3,(H,45,46)(H,47,48). The number of halogens is 1. The second-order valence-electron chi connectivity index (χ2n) is 14.1. The van der Waals surface area contributed by atoms with Gasteiger partial charge in [0, 0.05) is 42.0 Å². The lowest BCUT2D eigenvalue weighted by molar-refractivity contribution is -0.177. The topological polar surface area (TPSA) is 120 Å². The Kier molecular flexibility index (Phi) is 12.5. The molecule has 8 heteroatoms. The van der Waals surface area contributed by atoms with E-state index in [0.717, 1.165) is 17.5 Å². The smallest absolute Gasteiger partial charge is 0.311 e. The quantitative estimate of drug-likeness (QED) is 0.137. The van der Waals surface area contributed by atoms with E-state index >= 15 is 0 Å². The number of piperidine rings is 1. The Labute approximate surface area is 295 Å². The molecule has 7 nitrogen and oxygen atoms in total. The van der Waals surface area contributed by atoms with E-state index in [1.165, 1.54) is 32.1 Å². The number of carboxylic acids is 2. The summed E-state index contributed by atoms with van der Waals surface area (Å²) in [6.07, 6.45) is 7.60. The maximum Gasteiger partial charge on any atom is 0.311 e. The Bertz CT molecular complexity index is 1530. The molecule has 260 valence electrons. The van der Waals surface area contributed by atoms with Gasteiger partial charge >= 0.3 is 11.9 Å². The van der Waals surface area contributed by atoms with Crippen LogP contribution in [0.5, 0.6) is 0 Å². The molecule has 1 saturated carbocycles. The van der Waals surface area contributed by atoms with Gasteiger partial charge in [-0.15, -0.1) is 0 Å². The predicted molar refractivity (Wildman–Crippen MR) is 192 cm³/mol. The van der Waals surface area contributed by atoms with Gasteiger partial charge in [0.05, 0.1) is 23.5 Å². The highest BCUT2D eigenvalue weighted by atomic mass is 35.5. The highest BCUT2D eigenvalue weighted by Crippen LogP contribution is 2.60. The molecule has 2 aliphatic rings. The third-order valence-electron chi connectivity index (χ3n) is 11.4. The van der Waals surface area contributed by atoms with Crippen LogP contribution in [-0.2, 0) is 14.3 Å². The van der Waals surface area contributed by atoms with Gasteiger partial charge in [-0.3, -0.25) is 9.59 Å². The van der Waals surface area contributed by atoms with Crippen molar-refractivity contribution >= 4 is 23.5 Å². The minimum atomic E-state index is -1.63. The normalized spacial score (nSPS) is 25.9. The Morgan fingerprint density at radius 1 is 0.918 bits per heavy atom. The van der Waals surface area contributed by atoms with E-state index < -0.39 is 40.8 Å². The third kappa shape index (κ3) is 7.88. The molecule has 5 atom stereocenters. The van der Waals surface area contributed by atoms with E-state index in [1.807, 2.05) is 36.4 Å². The molecule has 2 fully saturated rings. The molecule has 1 saturated heterocycles. The molecule has 1 aliphatic carbocycles. The number of benzene rings is 3. The van der Waals surface area contributed by atoms with Crippen molar-refractivity contribution in [2.75, 3.05) is 13.2 Å². The van der Waals surface area contributed by atoms with Crippen LogP contribution in [0.3, 0.4) is 0 Å². The highest BCUT2D eigenvalue weighted by molar-refractivity contribution is 6.30. The lowest BCUT2D eigenvalue weighted by Gasteiger charge is -2.58. The Hall–Kier alpha value is -3.70. The second-order valence-corrected chi connectivity index (χ2v) is 14.5. The Balaban J connectivity index is 1.63. The number of nitriles is 1. The summed E-state index contributed by atoms with van der Waals surface area (Å²) in [5.74, 6) is -2.75.